The number of anilines is 2. The van der Waals surface area contributed by atoms with Crippen LogP contribution in [0.2, 0.25) is 0 Å². The lowest BCUT2D eigenvalue weighted by Crippen LogP contribution is -2.37. The maximum absolute atomic E-state index is 14.0. The standard InChI is InChI=1S/C14H21FN2O3/c1-19-14-9-13(11(15)8-12(14)16)17-4-2-10(3-5-17)20-7-6-18/h8-10,18H,2-7,16H2,1H3. The number of aliphatic hydroxyl groups is 1. The Balaban J connectivity index is 2.03. The molecule has 5 nitrogen and oxygen atoms in total. The van der Waals surface area contributed by atoms with Crippen molar-refractivity contribution in [1.29, 1.82) is 0 Å². The van der Waals surface area contributed by atoms with Gasteiger partial charge in [0.1, 0.15) is 11.6 Å². The summed E-state index contributed by atoms with van der Waals surface area (Å²) in [6, 6.07) is 2.93. The first-order valence-corrected chi connectivity index (χ1v) is 6.76. The molecule has 0 amide bonds. The summed E-state index contributed by atoms with van der Waals surface area (Å²) in [5, 5.41) is 8.74. The normalized spacial score (nSPS) is 16.4. The van der Waals surface area contributed by atoms with Crippen molar-refractivity contribution < 1.29 is 19.0 Å². The number of aliphatic hydroxyl groups excluding tert-OH is 1. The third kappa shape index (κ3) is 3.32. The zero-order valence-corrected chi connectivity index (χ0v) is 11.6. The van der Waals surface area contributed by atoms with Crippen LogP contribution in [-0.2, 0) is 4.74 Å². The minimum absolute atomic E-state index is 0.0317. The topological polar surface area (TPSA) is 68.0 Å². The number of hydrogen-bond acceptors (Lipinski definition) is 5. The van der Waals surface area contributed by atoms with Crippen molar-refractivity contribution in [1.82, 2.24) is 0 Å². The van der Waals surface area contributed by atoms with Gasteiger partial charge in [0.05, 0.1) is 37.8 Å². The van der Waals surface area contributed by atoms with E-state index in [9.17, 15) is 4.39 Å². The fraction of sp³-hybridized carbons (Fsp3) is 0.571. The highest BCUT2D eigenvalue weighted by atomic mass is 19.1. The zero-order valence-electron chi connectivity index (χ0n) is 11.6. The molecule has 1 aliphatic heterocycles. The molecule has 0 spiro atoms. The van der Waals surface area contributed by atoms with Gasteiger partial charge in [0.2, 0.25) is 0 Å². The minimum Gasteiger partial charge on any atom is -0.495 e. The Kier molecular flexibility index (Phi) is 5.03. The minimum atomic E-state index is -0.335. The third-order valence-electron chi connectivity index (χ3n) is 3.53. The highest BCUT2D eigenvalue weighted by Gasteiger charge is 2.22. The molecule has 2 rings (SSSR count). The van der Waals surface area contributed by atoms with Crippen LogP contribution in [0, 0.1) is 5.82 Å². The molecule has 1 aromatic rings. The molecule has 0 radical (unpaired) electrons. The molecule has 0 atom stereocenters. The van der Waals surface area contributed by atoms with E-state index in [1.807, 2.05) is 4.90 Å². The molecule has 1 saturated heterocycles. The Hall–Kier alpha value is -1.53. The maximum Gasteiger partial charge on any atom is 0.148 e. The van der Waals surface area contributed by atoms with Crippen LogP contribution in [0.3, 0.4) is 0 Å². The predicted molar refractivity (Wildman–Crippen MR) is 75.6 cm³/mol. The number of nitrogens with zero attached hydrogens (tertiary/aromatic N) is 1. The van der Waals surface area contributed by atoms with Gasteiger partial charge in [0, 0.05) is 25.2 Å². The summed E-state index contributed by atoms with van der Waals surface area (Å²) in [7, 11) is 1.52. The molecule has 112 valence electrons. The van der Waals surface area contributed by atoms with Gasteiger partial charge in [-0.1, -0.05) is 0 Å². The smallest absolute Gasteiger partial charge is 0.148 e. The first-order valence-electron chi connectivity index (χ1n) is 6.76. The van der Waals surface area contributed by atoms with Gasteiger partial charge in [-0.2, -0.15) is 0 Å². The van der Waals surface area contributed by atoms with E-state index in [4.69, 9.17) is 20.3 Å². The molecular weight excluding hydrogens is 263 g/mol. The van der Waals surface area contributed by atoms with Crippen LogP contribution in [0.15, 0.2) is 12.1 Å². The number of rotatable bonds is 5. The van der Waals surface area contributed by atoms with Crippen LogP contribution in [0.25, 0.3) is 0 Å². The number of piperidine rings is 1. The zero-order chi connectivity index (χ0) is 14.5. The number of nitrogen functional groups attached to an aromatic ring is 1. The molecular formula is C14H21FN2O3. The molecule has 0 unspecified atom stereocenters. The summed E-state index contributed by atoms with van der Waals surface area (Å²) >= 11 is 0. The lowest BCUT2D eigenvalue weighted by molar-refractivity contribution is 0.0158. The molecule has 0 saturated carbocycles. The third-order valence-corrected chi connectivity index (χ3v) is 3.53. The first kappa shape index (κ1) is 14.9. The van der Waals surface area contributed by atoms with E-state index in [1.165, 1.54) is 13.2 Å². The fourth-order valence-corrected chi connectivity index (χ4v) is 2.46. The largest absolute Gasteiger partial charge is 0.495 e. The monoisotopic (exact) mass is 284 g/mol. The van der Waals surface area contributed by atoms with Crippen molar-refractivity contribution in [3.63, 3.8) is 0 Å². The molecule has 0 bridgehead atoms. The van der Waals surface area contributed by atoms with Crippen LogP contribution in [0.5, 0.6) is 5.75 Å². The molecule has 20 heavy (non-hydrogen) atoms. The van der Waals surface area contributed by atoms with Gasteiger partial charge in [-0.25, -0.2) is 4.39 Å². The Labute approximate surface area is 118 Å². The average molecular weight is 284 g/mol. The van der Waals surface area contributed by atoms with Crippen LogP contribution >= 0.6 is 0 Å². The molecule has 1 heterocycles. The van der Waals surface area contributed by atoms with Crippen molar-refractivity contribution in [2.45, 2.75) is 18.9 Å². The van der Waals surface area contributed by atoms with Gasteiger partial charge < -0.3 is 25.2 Å². The second-order valence-electron chi connectivity index (χ2n) is 4.83. The van der Waals surface area contributed by atoms with Crippen LogP contribution in [0.1, 0.15) is 12.8 Å². The van der Waals surface area contributed by atoms with Crippen molar-refractivity contribution in [2.24, 2.45) is 0 Å². The number of hydrogen-bond donors (Lipinski definition) is 2. The van der Waals surface area contributed by atoms with Gasteiger partial charge in [-0.05, 0) is 12.8 Å². The number of ether oxygens (including phenoxy) is 2. The molecule has 0 aromatic heterocycles. The number of halogens is 1. The molecule has 3 N–H and O–H groups in total. The first-order chi connectivity index (χ1) is 9.65. The molecule has 6 heteroatoms. The fourth-order valence-electron chi connectivity index (χ4n) is 2.46. The second kappa shape index (κ2) is 6.76. The Morgan fingerprint density at radius 3 is 2.70 bits per heavy atom. The lowest BCUT2D eigenvalue weighted by Gasteiger charge is -2.33. The predicted octanol–water partition coefficient (Wildman–Crippen LogP) is 1.39. The lowest BCUT2D eigenvalue weighted by atomic mass is 10.1. The summed E-state index contributed by atoms with van der Waals surface area (Å²) in [6.07, 6.45) is 1.76. The summed E-state index contributed by atoms with van der Waals surface area (Å²) < 4.78 is 24.6. The van der Waals surface area contributed by atoms with Crippen LogP contribution in [0.4, 0.5) is 15.8 Å². The van der Waals surface area contributed by atoms with Crippen molar-refractivity contribution in [3.8, 4) is 5.75 Å². The number of nitrogens with two attached hydrogens (primary N) is 1. The Morgan fingerprint density at radius 1 is 1.40 bits per heavy atom. The van der Waals surface area contributed by atoms with E-state index in [2.05, 4.69) is 0 Å². The van der Waals surface area contributed by atoms with Gasteiger partial charge in [-0.3, -0.25) is 0 Å². The summed E-state index contributed by atoms with van der Waals surface area (Å²) in [5.41, 5.74) is 6.49. The molecule has 1 aliphatic rings. The average Bonchev–Trinajstić information content (AvgIpc) is 2.46. The van der Waals surface area contributed by atoms with Gasteiger partial charge in [0.15, 0.2) is 0 Å². The maximum atomic E-state index is 14.0. The second-order valence-corrected chi connectivity index (χ2v) is 4.83. The van der Waals surface area contributed by atoms with Crippen LogP contribution < -0.4 is 15.4 Å². The van der Waals surface area contributed by atoms with Gasteiger partial charge in [0.25, 0.3) is 0 Å². The van der Waals surface area contributed by atoms with Crippen LogP contribution in [-0.4, -0.2) is 44.6 Å². The number of benzene rings is 1. The molecule has 1 fully saturated rings. The number of methoxy groups -OCH3 is 1. The Morgan fingerprint density at radius 2 is 2.10 bits per heavy atom. The van der Waals surface area contributed by atoms with Crippen molar-refractivity contribution in [2.75, 3.05) is 44.0 Å². The molecule has 1 aromatic carbocycles. The highest BCUT2D eigenvalue weighted by molar-refractivity contribution is 5.63. The van der Waals surface area contributed by atoms with E-state index in [-0.39, 0.29) is 18.5 Å². The summed E-state index contributed by atoms with van der Waals surface area (Å²) in [4.78, 5) is 1.97. The van der Waals surface area contributed by atoms with Crippen molar-refractivity contribution >= 4 is 11.4 Å². The summed E-state index contributed by atoms with van der Waals surface area (Å²) in [6.45, 7) is 1.80. The van der Waals surface area contributed by atoms with E-state index >= 15 is 0 Å². The van der Waals surface area contributed by atoms with E-state index < -0.39 is 0 Å². The highest BCUT2D eigenvalue weighted by Crippen LogP contribution is 2.32. The summed E-state index contributed by atoms with van der Waals surface area (Å²) in [5.74, 6) is 0.151. The molecule has 0 aliphatic carbocycles. The van der Waals surface area contributed by atoms with Gasteiger partial charge >= 0.3 is 0 Å². The van der Waals surface area contributed by atoms with E-state index in [0.717, 1.165) is 12.8 Å². The quantitative estimate of drug-likeness (QED) is 0.800. The Bertz CT molecular complexity index is 448. The van der Waals surface area contributed by atoms with Crippen molar-refractivity contribution in [3.05, 3.63) is 17.9 Å². The van der Waals surface area contributed by atoms with Gasteiger partial charge in [-0.15, -0.1) is 0 Å². The van der Waals surface area contributed by atoms with E-state index in [0.29, 0.717) is 36.8 Å². The SMILES string of the molecule is COc1cc(N2CCC(OCCO)CC2)c(F)cc1N. The van der Waals surface area contributed by atoms with E-state index in [1.54, 1.807) is 6.07 Å².